The van der Waals surface area contributed by atoms with E-state index in [-0.39, 0.29) is 17.5 Å². The maximum atomic E-state index is 14.2. The summed E-state index contributed by atoms with van der Waals surface area (Å²) < 4.78 is 27.4. The number of carbonyl (C=O) groups is 1. The third-order valence-corrected chi connectivity index (χ3v) is 3.91. The molecule has 1 rings (SSSR count). The number of halogens is 3. The lowest BCUT2D eigenvalue weighted by Gasteiger charge is -2.25. The number of hydrogen-bond acceptors (Lipinski definition) is 1. The summed E-state index contributed by atoms with van der Waals surface area (Å²) in [5.41, 5.74) is 0.0585. The maximum Gasteiger partial charge on any atom is 0.227 e. The second kappa shape index (κ2) is 8.32. The molecule has 0 bridgehead atoms. The van der Waals surface area contributed by atoms with E-state index in [0.29, 0.717) is 13.0 Å². The second-order valence-electron chi connectivity index (χ2n) is 5.31. The topological polar surface area (TPSA) is 20.3 Å². The fourth-order valence-corrected chi connectivity index (χ4v) is 2.13. The minimum Gasteiger partial charge on any atom is -0.310 e. The van der Waals surface area contributed by atoms with Crippen LogP contribution in [0.3, 0.4) is 0 Å². The first-order valence-electron chi connectivity index (χ1n) is 7.36. The summed E-state index contributed by atoms with van der Waals surface area (Å²) in [6.45, 7) is 6.38. The lowest BCUT2D eigenvalue weighted by Crippen LogP contribution is -2.33. The molecule has 1 aromatic rings. The highest BCUT2D eigenvalue weighted by atomic mass is 35.5. The largest absolute Gasteiger partial charge is 0.310 e. The van der Waals surface area contributed by atoms with Gasteiger partial charge in [-0.1, -0.05) is 45.2 Å². The minimum atomic E-state index is -0.870. The molecule has 2 nitrogen and oxygen atoms in total. The van der Waals surface area contributed by atoms with Gasteiger partial charge in [-0.05, 0) is 24.5 Å². The Balaban J connectivity index is 3.07. The first-order chi connectivity index (χ1) is 9.92. The first-order valence-corrected chi connectivity index (χ1v) is 7.73. The normalized spacial score (nSPS) is 12.3. The molecule has 0 saturated carbocycles. The summed E-state index contributed by atoms with van der Waals surface area (Å²) in [6, 6.07) is 2.37. The van der Waals surface area contributed by atoms with Crippen LogP contribution in [0.25, 0.3) is 0 Å². The fourth-order valence-electron chi connectivity index (χ4n) is 1.97. The predicted molar refractivity (Wildman–Crippen MR) is 82.7 cm³/mol. The summed E-state index contributed by atoms with van der Waals surface area (Å²) >= 11 is 5.61. The third kappa shape index (κ3) is 4.67. The molecule has 0 N–H and O–H groups in total. The van der Waals surface area contributed by atoms with Crippen LogP contribution in [0.2, 0.25) is 5.02 Å². The van der Waals surface area contributed by atoms with Crippen LogP contribution >= 0.6 is 11.6 Å². The van der Waals surface area contributed by atoms with Crippen molar-refractivity contribution in [3.8, 4) is 0 Å². The molecule has 118 valence electrons. The van der Waals surface area contributed by atoms with Crippen molar-refractivity contribution in [2.75, 3.05) is 11.4 Å². The van der Waals surface area contributed by atoms with Crippen molar-refractivity contribution in [2.24, 2.45) is 5.92 Å². The Hall–Kier alpha value is -1.16. The number of carbonyl (C=O) groups excluding carboxylic acids is 1. The zero-order valence-electron chi connectivity index (χ0n) is 12.8. The molecule has 1 amide bonds. The van der Waals surface area contributed by atoms with E-state index in [2.05, 4.69) is 0 Å². The Morgan fingerprint density at radius 2 is 2.00 bits per heavy atom. The number of unbranched alkanes of at least 4 members (excludes halogenated alkanes) is 1. The van der Waals surface area contributed by atoms with Crippen molar-refractivity contribution in [2.45, 2.75) is 46.5 Å². The molecule has 21 heavy (non-hydrogen) atoms. The molecular formula is C16H22ClF2NO. The van der Waals surface area contributed by atoms with Gasteiger partial charge in [-0.25, -0.2) is 8.78 Å². The Morgan fingerprint density at radius 1 is 1.33 bits per heavy atom. The van der Waals surface area contributed by atoms with Crippen molar-refractivity contribution < 1.29 is 13.6 Å². The lowest BCUT2D eigenvalue weighted by atomic mass is 10.0. The molecule has 0 radical (unpaired) electrons. The highest BCUT2D eigenvalue weighted by molar-refractivity contribution is 6.31. The van der Waals surface area contributed by atoms with E-state index in [1.54, 1.807) is 0 Å². The Morgan fingerprint density at radius 3 is 2.57 bits per heavy atom. The monoisotopic (exact) mass is 317 g/mol. The Kier molecular flexibility index (Phi) is 7.09. The van der Waals surface area contributed by atoms with Gasteiger partial charge in [0, 0.05) is 13.0 Å². The number of anilines is 1. The van der Waals surface area contributed by atoms with Gasteiger partial charge in [0.2, 0.25) is 5.91 Å². The third-order valence-electron chi connectivity index (χ3n) is 3.56. The Bertz CT molecular complexity index is 493. The van der Waals surface area contributed by atoms with E-state index in [1.165, 1.54) is 11.0 Å². The van der Waals surface area contributed by atoms with Gasteiger partial charge in [-0.15, -0.1) is 0 Å². The lowest BCUT2D eigenvalue weighted by molar-refractivity contribution is -0.119. The van der Waals surface area contributed by atoms with E-state index in [0.717, 1.165) is 25.3 Å². The molecule has 0 saturated heterocycles. The molecule has 0 spiro atoms. The van der Waals surface area contributed by atoms with Gasteiger partial charge >= 0.3 is 0 Å². The SMILES string of the molecule is CCCCN(C(=O)CC(C)CC)c1ccc(F)c(Cl)c1F. The van der Waals surface area contributed by atoms with Crippen LogP contribution in [-0.2, 0) is 4.79 Å². The van der Waals surface area contributed by atoms with Crippen LogP contribution in [0, 0.1) is 17.6 Å². The summed E-state index contributed by atoms with van der Waals surface area (Å²) in [6.07, 6.45) is 2.85. The van der Waals surface area contributed by atoms with Crippen LogP contribution in [0.5, 0.6) is 0 Å². The van der Waals surface area contributed by atoms with E-state index in [9.17, 15) is 13.6 Å². The second-order valence-corrected chi connectivity index (χ2v) is 5.69. The summed E-state index contributed by atoms with van der Waals surface area (Å²) in [5.74, 6) is -1.62. The van der Waals surface area contributed by atoms with Crippen LogP contribution < -0.4 is 4.90 Å². The molecule has 0 heterocycles. The van der Waals surface area contributed by atoms with Crippen LogP contribution in [-0.4, -0.2) is 12.5 Å². The quantitative estimate of drug-likeness (QED) is 0.634. The molecule has 0 aliphatic rings. The highest BCUT2D eigenvalue weighted by Gasteiger charge is 2.22. The van der Waals surface area contributed by atoms with Crippen molar-refractivity contribution in [1.82, 2.24) is 0 Å². The van der Waals surface area contributed by atoms with Gasteiger partial charge in [0.15, 0.2) is 5.82 Å². The standard InChI is InChI=1S/C16H22ClF2NO/c1-4-6-9-20(14(21)10-11(3)5-2)13-8-7-12(18)15(17)16(13)19/h7-8,11H,4-6,9-10H2,1-3H3. The van der Waals surface area contributed by atoms with E-state index in [1.807, 2.05) is 20.8 Å². The van der Waals surface area contributed by atoms with Crippen LogP contribution in [0.4, 0.5) is 14.5 Å². The zero-order chi connectivity index (χ0) is 16.0. The fraction of sp³-hybridized carbons (Fsp3) is 0.562. The summed E-state index contributed by atoms with van der Waals surface area (Å²) in [7, 11) is 0. The molecule has 1 atom stereocenters. The molecule has 1 unspecified atom stereocenters. The van der Waals surface area contributed by atoms with E-state index >= 15 is 0 Å². The highest BCUT2D eigenvalue weighted by Crippen LogP contribution is 2.29. The average Bonchev–Trinajstić information content (AvgIpc) is 2.46. The van der Waals surface area contributed by atoms with Crippen LogP contribution in [0.1, 0.15) is 46.5 Å². The number of amides is 1. The molecule has 0 aliphatic heterocycles. The van der Waals surface area contributed by atoms with Gasteiger partial charge in [0.05, 0.1) is 5.69 Å². The van der Waals surface area contributed by atoms with E-state index in [4.69, 9.17) is 11.6 Å². The number of rotatable bonds is 7. The van der Waals surface area contributed by atoms with Crippen molar-refractivity contribution in [1.29, 1.82) is 0 Å². The van der Waals surface area contributed by atoms with Gasteiger partial charge in [-0.2, -0.15) is 0 Å². The number of benzene rings is 1. The molecule has 0 aromatic heterocycles. The predicted octanol–water partition coefficient (Wildman–Crippen LogP) is 5.19. The summed E-state index contributed by atoms with van der Waals surface area (Å²) in [5, 5.41) is -0.565. The van der Waals surface area contributed by atoms with Gasteiger partial charge in [-0.3, -0.25) is 4.79 Å². The van der Waals surface area contributed by atoms with E-state index < -0.39 is 16.7 Å². The number of hydrogen-bond donors (Lipinski definition) is 0. The van der Waals surface area contributed by atoms with Crippen molar-refractivity contribution in [3.05, 3.63) is 28.8 Å². The molecule has 0 aliphatic carbocycles. The first kappa shape index (κ1) is 17.9. The zero-order valence-corrected chi connectivity index (χ0v) is 13.5. The molecule has 1 aromatic carbocycles. The van der Waals surface area contributed by atoms with Crippen molar-refractivity contribution >= 4 is 23.2 Å². The van der Waals surface area contributed by atoms with Crippen LogP contribution in [0.15, 0.2) is 12.1 Å². The minimum absolute atomic E-state index is 0.0585. The molecule has 0 fully saturated rings. The van der Waals surface area contributed by atoms with Crippen molar-refractivity contribution in [3.63, 3.8) is 0 Å². The molecule has 5 heteroatoms. The number of nitrogens with zero attached hydrogens (tertiary/aromatic N) is 1. The Labute approximate surface area is 130 Å². The van der Waals surface area contributed by atoms with Gasteiger partial charge in [0.1, 0.15) is 10.8 Å². The molecular weight excluding hydrogens is 296 g/mol. The van der Waals surface area contributed by atoms with Gasteiger partial charge in [0.25, 0.3) is 0 Å². The summed E-state index contributed by atoms with van der Waals surface area (Å²) in [4.78, 5) is 13.8. The maximum absolute atomic E-state index is 14.2. The average molecular weight is 318 g/mol. The smallest absolute Gasteiger partial charge is 0.227 e. The van der Waals surface area contributed by atoms with Gasteiger partial charge < -0.3 is 4.90 Å².